The normalized spacial score (nSPS) is 17.7. The van der Waals surface area contributed by atoms with Crippen molar-refractivity contribution in [2.75, 3.05) is 13.1 Å². The van der Waals surface area contributed by atoms with Crippen LogP contribution in [0.15, 0.2) is 28.7 Å². The van der Waals surface area contributed by atoms with Crippen molar-refractivity contribution in [1.29, 1.82) is 0 Å². The molecule has 4 rings (SSSR count). The molecule has 1 aromatic carbocycles. The number of aromatic nitrogens is 2. The minimum atomic E-state index is -0.885. The summed E-state index contributed by atoms with van der Waals surface area (Å²) in [5.41, 5.74) is 1.41. The van der Waals surface area contributed by atoms with Crippen molar-refractivity contribution in [3.05, 3.63) is 35.7 Å². The van der Waals surface area contributed by atoms with E-state index in [1.807, 2.05) is 17.0 Å². The molecule has 1 saturated carbocycles. The van der Waals surface area contributed by atoms with Crippen molar-refractivity contribution in [1.82, 2.24) is 20.0 Å². The number of hydrogen-bond donors (Lipinski definition) is 1. The molecular weight excluding hydrogens is 348 g/mol. The Balaban J connectivity index is 1.49. The van der Waals surface area contributed by atoms with Gasteiger partial charge in [0.2, 0.25) is 11.8 Å². The van der Waals surface area contributed by atoms with E-state index in [9.17, 15) is 9.59 Å². The van der Waals surface area contributed by atoms with Crippen LogP contribution in [0.25, 0.3) is 11.5 Å². The van der Waals surface area contributed by atoms with Crippen LogP contribution in [0.5, 0.6) is 0 Å². The fourth-order valence-electron chi connectivity index (χ4n) is 3.64. The van der Waals surface area contributed by atoms with Gasteiger partial charge in [0, 0.05) is 43.2 Å². The van der Waals surface area contributed by atoms with Crippen molar-refractivity contribution in [3.63, 3.8) is 0 Å². The molecule has 27 heavy (non-hydrogen) atoms. The molecule has 0 atom stereocenters. The van der Waals surface area contributed by atoms with Gasteiger partial charge in [0.1, 0.15) is 0 Å². The number of nitrogens with zero attached hydrogens (tertiary/aromatic N) is 4. The quantitative estimate of drug-likeness (QED) is 0.888. The summed E-state index contributed by atoms with van der Waals surface area (Å²) >= 11 is 0. The van der Waals surface area contributed by atoms with Crippen LogP contribution in [0.2, 0.25) is 0 Å². The van der Waals surface area contributed by atoms with E-state index in [1.165, 1.54) is 4.90 Å². The number of amides is 2. The highest BCUT2D eigenvalue weighted by Gasteiger charge is 2.39. The Morgan fingerprint density at radius 3 is 2.22 bits per heavy atom. The zero-order chi connectivity index (χ0) is 19.0. The van der Waals surface area contributed by atoms with Gasteiger partial charge in [0.05, 0.1) is 0 Å². The third-order valence-electron chi connectivity index (χ3n) is 5.21. The first-order valence-electron chi connectivity index (χ1n) is 9.24. The molecule has 142 valence electrons. The number of carbonyl (C=O) groups excluding carboxylic acids is 1. The van der Waals surface area contributed by atoms with Crippen molar-refractivity contribution in [2.24, 2.45) is 0 Å². The van der Waals surface area contributed by atoms with E-state index in [0.29, 0.717) is 43.3 Å². The maximum atomic E-state index is 13.1. The van der Waals surface area contributed by atoms with Crippen molar-refractivity contribution < 1.29 is 19.1 Å². The zero-order valence-corrected chi connectivity index (χ0v) is 15.2. The van der Waals surface area contributed by atoms with Crippen LogP contribution in [0.1, 0.15) is 41.9 Å². The summed E-state index contributed by atoms with van der Waals surface area (Å²) in [7, 11) is 0. The molecule has 0 bridgehead atoms. The third kappa shape index (κ3) is 3.65. The smallest absolute Gasteiger partial charge is 0.407 e. The summed E-state index contributed by atoms with van der Waals surface area (Å²) in [6, 6.07) is 7.59. The standard InChI is InChI=1S/C19H22N4O4/c1-12-20-21-17(27-12)13-2-4-14(5-3-13)18(24)23(15-6-7-15)16-8-10-22(11-9-16)19(25)26/h2-5,15-16H,6-11H2,1H3,(H,25,26). The number of likely N-dealkylation sites (tertiary alicyclic amines) is 1. The van der Waals surface area contributed by atoms with Crippen LogP contribution in [0, 0.1) is 6.92 Å². The number of piperidine rings is 1. The highest BCUT2D eigenvalue weighted by atomic mass is 16.4. The molecule has 1 saturated heterocycles. The first kappa shape index (κ1) is 17.5. The van der Waals surface area contributed by atoms with Crippen LogP contribution >= 0.6 is 0 Å². The topological polar surface area (TPSA) is 99.8 Å². The second-order valence-electron chi connectivity index (χ2n) is 7.15. The van der Waals surface area contributed by atoms with E-state index in [4.69, 9.17) is 9.52 Å². The summed E-state index contributed by atoms with van der Waals surface area (Å²) in [6.07, 6.45) is 2.53. The second-order valence-corrected chi connectivity index (χ2v) is 7.15. The molecule has 2 amide bonds. The molecule has 1 aliphatic heterocycles. The fourth-order valence-corrected chi connectivity index (χ4v) is 3.64. The molecule has 0 spiro atoms. The average molecular weight is 370 g/mol. The minimum Gasteiger partial charge on any atom is -0.465 e. The number of rotatable bonds is 4. The second kappa shape index (κ2) is 7.02. The summed E-state index contributed by atoms with van der Waals surface area (Å²) < 4.78 is 5.42. The Morgan fingerprint density at radius 2 is 1.70 bits per heavy atom. The molecule has 1 N–H and O–H groups in total. The maximum Gasteiger partial charge on any atom is 0.407 e. The van der Waals surface area contributed by atoms with Gasteiger partial charge < -0.3 is 19.3 Å². The van der Waals surface area contributed by atoms with Crippen molar-refractivity contribution in [3.8, 4) is 11.5 Å². The van der Waals surface area contributed by atoms with Crippen LogP contribution in [-0.4, -0.2) is 62.3 Å². The van der Waals surface area contributed by atoms with Gasteiger partial charge in [-0.2, -0.15) is 0 Å². The Kier molecular flexibility index (Phi) is 4.55. The summed E-state index contributed by atoms with van der Waals surface area (Å²) in [4.78, 5) is 27.6. The fraction of sp³-hybridized carbons (Fsp3) is 0.474. The monoisotopic (exact) mass is 370 g/mol. The lowest BCUT2D eigenvalue weighted by molar-refractivity contribution is 0.0551. The van der Waals surface area contributed by atoms with Crippen molar-refractivity contribution >= 4 is 12.0 Å². The van der Waals surface area contributed by atoms with Gasteiger partial charge in [-0.15, -0.1) is 10.2 Å². The zero-order valence-electron chi connectivity index (χ0n) is 15.2. The molecule has 2 aromatic rings. The van der Waals surface area contributed by atoms with Crippen LogP contribution < -0.4 is 0 Å². The number of carbonyl (C=O) groups is 2. The molecule has 0 radical (unpaired) electrons. The number of hydrogen-bond acceptors (Lipinski definition) is 5. The Hall–Kier alpha value is -2.90. The average Bonchev–Trinajstić information content (AvgIpc) is 3.41. The lowest BCUT2D eigenvalue weighted by Gasteiger charge is -2.38. The number of benzene rings is 1. The van der Waals surface area contributed by atoms with E-state index in [-0.39, 0.29) is 18.0 Å². The first-order chi connectivity index (χ1) is 13.0. The van der Waals surface area contributed by atoms with Gasteiger partial charge >= 0.3 is 6.09 Å². The van der Waals surface area contributed by atoms with Crippen molar-refractivity contribution in [2.45, 2.75) is 44.7 Å². The van der Waals surface area contributed by atoms with Crippen LogP contribution in [0.3, 0.4) is 0 Å². The Morgan fingerprint density at radius 1 is 1.07 bits per heavy atom. The minimum absolute atomic E-state index is 0.0135. The largest absolute Gasteiger partial charge is 0.465 e. The summed E-state index contributed by atoms with van der Waals surface area (Å²) in [5, 5.41) is 16.9. The maximum absolute atomic E-state index is 13.1. The SMILES string of the molecule is Cc1nnc(-c2ccc(C(=O)N(C3CC3)C3CCN(C(=O)O)CC3)cc2)o1. The van der Waals surface area contributed by atoms with E-state index in [2.05, 4.69) is 10.2 Å². The van der Waals surface area contributed by atoms with Gasteiger partial charge in [-0.1, -0.05) is 0 Å². The van der Waals surface area contributed by atoms with Crippen LogP contribution in [-0.2, 0) is 0 Å². The highest BCUT2D eigenvalue weighted by molar-refractivity contribution is 5.95. The lowest BCUT2D eigenvalue weighted by atomic mass is 10.0. The summed E-state index contributed by atoms with van der Waals surface area (Å²) in [5.74, 6) is 0.948. The number of aryl methyl sites for hydroxylation is 1. The van der Waals surface area contributed by atoms with Gasteiger partial charge in [-0.3, -0.25) is 4.79 Å². The van der Waals surface area contributed by atoms with Crippen LogP contribution in [0.4, 0.5) is 4.79 Å². The molecule has 8 nitrogen and oxygen atoms in total. The molecule has 1 aromatic heterocycles. The first-order valence-corrected chi connectivity index (χ1v) is 9.24. The molecule has 2 aliphatic rings. The lowest BCUT2D eigenvalue weighted by Crippen LogP contribution is -2.49. The molecule has 0 unspecified atom stereocenters. The van der Waals surface area contributed by atoms with Gasteiger partial charge in [0.25, 0.3) is 5.91 Å². The van der Waals surface area contributed by atoms with E-state index in [1.54, 1.807) is 19.1 Å². The van der Waals surface area contributed by atoms with E-state index >= 15 is 0 Å². The molecule has 2 fully saturated rings. The molecule has 1 aliphatic carbocycles. The molecule has 8 heteroatoms. The predicted molar refractivity (Wildman–Crippen MR) is 96.3 cm³/mol. The third-order valence-corrected chi connectivity index (χ3v) is 5.21. The molecular formula is C19H22N4O4. The van der Waals surface area contributed by atoms with E-state index in [0.717, 1.165) is 18.4 Å². The highest BCUT2D eigenvalue weighted by Crippen LogP contribution is 2.33. The Bertz CT molecular complexity index is 836. The summed E-state index contributed by atoms with van der Waals surface area (Å²) in [6.45, 7) is 2.69. The van der Waals surface area contributed by atoms with Gasteiger partial charge in [0.15, 0.2) is 0 Å². The Labute approximate surface area is 156 Å². The van der Waals surface area contributed by atoms with Gasteiger partial charge in [-0.05, 0) is 49.9 Å². The van der Waals surface area contributed by atoms with Gasteiger partial charge in [-0.25, -0.2) is 4.79 Å². The number of carboxylic acid groups (broad SMARTS) is 1. The molecule has 2 heterocycles. The van der Waals surface area contributed by atoms with E-state index < -0.39 is 6.09 Å². The predicted octanol–water partition coefficient (Wildman–Crippen LogP) is 2.79.